The van der Waals surface area contributed by atoms with E-state index in [4.69, 9.17) is 0 Å². The fraction of sp³-hybridized carbons (Fsp3) is 0.364. The molecule has 0 unspecified atom stereocenters. The maximum atomic E-state index is 12.5. The first-order valence-corrected chi connectivity index (χ1v) is 9.57. The normalized spacial score (nSPS) is 15.0. The number of nitrogens with one attached hydrogen (secondary N) is 1. The summed E-state index contributed by atoms with van der Waals surface area (Å²) in [6.45, 7) is 7.36. The molecule has 1 fully saturated rings. The number of nitrogens with zero attached hydrogens (tertiary/aromatic N) is 3. The van der Waals surface area contributed by atoms with E-state index in [-0.39, 0.29) is 17.7 Å². The van der Waals surface area contributed by atoms with Crippen LogP contribution in [0.15, 0.2) is 36.7 Å². The molecule has 1 aromatic carbocycles. The number of amides is 2. The second-order valence-corrected chi connectivity index (χ2v) is 7.29. The maximum Gasteiger partial charge on any atom is 0.246 e. The van der Waals surface area contributed by atoms with Gasteiger partial charge in [0.05, 0.1) is 0 Å². The Labute approximate surface area is 165 Å². The number of benzene rings is 1. The number of carbonyl (C=O) groups is 2. The van der Waals surface area contributed by atoms with Gasteiger partial charge in [0.25, 0.3) is 0 Å². The third-order valence-electron chi connectivity index (χ3n) is 5.27. The molecule has 28 heavy (non-hydrogen) atoms. The molecule has 0 bridgehead atoms. The average molecular weight is 378 g/mol. The fourth-order valence-electron chi connectivity index (χ4n) is 3.37. The Balaban J connectivity index is 1.54. The number of likely N-dealkylation sites (tertiary alicyclic amines) is 1. The molecule has 1 aromatic heterocycles. The van der Waals surface area contributed by atoms with E-state index in [1.807, 2.05) is 6.08 Å². The van der Waals surface area contributed by atoms with Crippen LogP contribution in [0.3, 0.4) is 0 Å². The van der Waals surface area contributed by atoms with Crippen LogP contribution >= 0.6 is 0 Å². The summed E-state index contributed by atoms with van der Waals surface area (Å²) in [4.78, 5) is 34.7. The lowest BCUT2D eigenvalue weighted by molar-refractivity contribution is -0.130. The molecular weight excluding hydrogens is 352 g/mol. The number of hydrogen-bond acceptors (Lipinski definition) is 4. The van der Waals surface area contributed by atoms with Crippen LogP contribution in [0.5, 0.6) is 0 Å². The number of aryl methyl sites for hydroxylation is 3. The van der Waals surface area contributed by atoms with Gasteiger partial charge < -0.3 is 4.90 Å². The number of rotatable bonds is 4. The molecule has 1 N–H and O–H groups in total. The predicted molar refractivity (Wildman–Crippen MR) is 110 cm³/mol. The molecule has 1 aliphatic heterocycles. The largest absolute Gasteiger partial charge is 0.339 e. The van der Waals surface area contributed by atoms with E-state index >= 15 is 0 Å². The van der Waals surface area contributed by atoms with E-state index in [1.165, 1.54) is 11.1 Å². The average Bonchev–Trinajstić information content (AvgIpc) is 2.70. The van der Waals surface area contributed by atoms with Gasteiger partial charge in [-0.05, 0) is 68.0 Å². The zero-order chi connectivity index (χ0) is 20.1. The molecule has 6 nitrogen and oxygen atoms in total. The third-order valence-corrected chi connectivity index (χ3v) is 5.27. The molecule has 1 aliphatic rings. The first-order chi connectivity index (χ1) is 13.4. The quantitative estimate of drug-likeness (QED) is 0.829. The number of piperidine rings is 1. The van der Waals surface area contributed by atoms with Crippen LogP contribution in [0.2, 0.25) is 0 Å². The number of carbonyl (C=O) groups excluding carboxylic acids is 2. The minimum Gasteiger partial charge on any atom is -0.339 e. The summed E-state index contributed by atoms with van der Waals surface area (Å²) in [5.74, 6) is 0.0963. The Kier molecular flexibility index (Phi) is 6.19. The van der Waals surface area contributed by atoms with Crippen LogP contribution in [-0.4, -0.2) is 39.8 Å². The molecule has 0 aliphatic carbocycles. The van der Waals surface area contributed by atoms with Gasteiger partial charge in [0.1, 0.15) is 0 Å². The zero-order valence-corrected chi connectivity index (χ0v) is 16.6. The molecular formula is C22H26N4O2. The van der Waals surface area contributed by atoms with Gasteiger partial charge in [0.15, 0.2) is 0 Å². The fourth-order valence-corrected chi connectivity index (χ4v) is 3.37. The van der Waals surface area contributed by atoms with Crippen molar-refractivity contribution in [2.45, 2.75) is 33.6 Å². The molecule has 0 saturated carbocycles. The highest BCUT2D eigenvalue weighted by molar-refractivity contribution is 5.93. The number of anilines is 1. The van der Waals surface area contributed by atoms with Crippen LogP contribution < -0.4 is 5.32 Å². The van der Waals surface area contributed by atoms with Crippen LogP contribution in [0, 0.1) is 26.7 Å². The van der Waals surface area contributed by atoms with Crippen molar-refractivity contribution in [2.24, 2.45) is 5.92 Å². The van der Waals surface area contributed by atoms with E-state index in [1.54, 1.807) is 29.4 Å². The lowest BCUT2D eigenvalue weighted by Crippen LogP contribution is -2.40. The summed E-state index contributed by atoms with van der Waals surface area (Å²) < 4.78 is 0. The van der Waals surface area contributed by atoms with Gasteiger partial charge in [-0.15, -0.1) is 0 Å². The van der Waals surface area contributed by atoms with E-state index < -0.39 is 0 Å². The predicted octanol–water partition coefficient (Wildman–Crippen LogP) is 3.29. The monoisotopic (exact) mass is 378 g/mol. The van der Waals surface area contributed by atoms with E-state index in [0.29, 0.717) is 31.9 Å². The highest BCUT2D eigenvalue weighted by atomic mass is 16.2. The Bertz CT molecular complexity index is 885. The maximum absolute atomic E-state index is 12.5. The molecule has 0 spiro atoms. The standard InChI is InChI=1S/C22H26N4O2/c1-15-13-17(3)19(14-16(15)2)5-6-20(27)26-11-7-18(8-12-26)21(28)25-22-23-9-4-10-24-22/h4-6,9-10,13-14,18H,7-8,11-12H2,1-3H3,(H,23,24,25,28)/b6-5+. The van der Waals surface area contributed by atoms with E-state index in [9.17, 15) is 9.59 Å². The van der Waals surface area contributed by atoms with E-state index in [0.717, 1.165) is 11.1 Å². The summed E-state index contributed by atoms with van der Waals surface area (Å²) in [7, 11) is 0. The van der Waals surface area contributed by atoms with Crippen molar-refractivity contribution >= 4 is 23.8 Å². The minimum atomic E-state index is -0.126. The van der Waals surface area contributed by atoms with Crippen LogP contribution in [0.25, 0.3) is 6.08 Å². The summed E-state index contributed by atoms with van der Waals surface area (Å²) in [5.41, 5.74) is 4.69. The lowest BCUT2D eigenvalue weighted by Gasteiger charge is -2.30. The Morgan fingerprint density at radius 3 is 2.36 bits per heavy atom. The lowest BCUT2D eigenvalue weighted by atomic mass is 9.95. The summed E-state index contributed by atoms with van der Waals surface area (Å²) >= 11 is 0. The topological polar surface area (TPSA) is 75.2 Å². The second kappa shape index (κ2) is 8.78. The second-order valence-electron chi connectivity index (χ2n) is 7.29. The molecule has 6 heteroatoms. The highest BCUT2D eigenvalue weighted by Gasteiger charge is 2.27. The van der Waals surface area contributed by atoms with Gasteiger partial charge in [-0.25, -0.2) is 9.97 Å². The van der Waals surface area contributed by atoms with Crippen molar-refractivity contribution in [1.82, 2.24) is 14.9 Å². The Hall–Kier alpha value is -3.02. The van der Waals surface area contributed by atoms with Crippen molar-refractivity contribution in [2.75, 3.05) is 18.4 Å². The SMILES string of the molecule is Cc1cc(C)c(/C=C/C(=O)N2CCC(C(=O)Nc3ncccn3)CC2)cc1C. The zero-order valence-electron chi connectivity index (χ0n) is 16.6. The summed E-state index contributed by atoms with van der Waals surface area (Å²) in [6, 6.07) is 5.95. The molecule has 2 heterocycles. The van der Waals surface area contributed by atoms with Gasteiger partial charge in [0.2, 0.25) is 17.8 Å². The molecule has 0 radical (unpaired) electrons. The minimum absolute atomic E-state index is 0.0112. The molecule has 146 valence electrons. The number of aromatic nitrogens is 2. The number of hydrogen-bond donors (Lipinski definition) is 1. The Morgan fingerprint density at radius 2 is 1.68 bits per heavy atom. The van der Waals surface area contributed by atoms with Gasteiger partial charge in [0, 0.05) is 37.5 Å². The molecule has 3 rings (SSSR count). The molecule has 1 saturated heterocycles. The first kappa shape index (κ1) is 19.7. The van der Waals surface area contributed by atoms with Crippen molar-refractivity contribution < 1.29 is 9.59 Å². The molecule has 0 atom stereocenters. The van der Waals surface area contributed by atoms with Crippen LogP contribution in [0.4, 0.5) is 5.95 Å². The van der Waals surface area contributed by atoms with Gasteiger partial charge >= 0.3 is 0 Å². The van der Waals surface area contributed by atoms with Crippen molar-refractivity contribution in [3.8, 4) is 0 Å². The van der Waals surface area contributed by atoms with Gasteiger partial charge in [-0.2, -0.15) is 0 Å². The van der Waals surface area contributed by atoms with Crippen molar-refractivity contribution in [3.05, 3.63) is 58.9 Å². The van der Waals surface area contributed by atoms with Gasteiger partial charge in [-0.3, -0.25) is 14.9 Å². The highest BCUT2D eigenvalue weighted by Crippen LogP contribution is 2.20. The van der Waals surface area contributed by atoms with Crippen LogP contribution in [-0.2, 0) is 9.59 Å². The Morgan fingerprint density at radius 1 is 1.04 bits per heavy atom. The molecule has 2 aromatic rings. The van der Waals surface area contributed by atoms with Gasteiger partial charge in [-0.1, -0.05) is 12.1 Å². The molecule has 2 amide bonds. The van der Waals surface area contributed by atoms with Crippen molar-refractivity contribution in [3.63, 3.8) is 0 Å². The summed E-state index contributed by atoms with van der Waals surface area (Å²) in [6.07, 6.45) is 7.98. The third kappa shape index (κ3) is 4.82. The van der Waals surface area contributed by atoms with Crippen LogP contribution in [0.1, 0.15) is 35.1 Å². The summed E-state index contributed by atoms with van der Waals surface area (Å²) in [5, 5.41) is 2.74. The van der Waals surface area contributed by atoms with Crippen molar-refractivity contribution in [1.29, 1.82) is 0 Å². The smallest absolute Gasteiger partial charge is 0.246 e. The van der Waals surface area contributed by atoms with E-state index in [2.05, 4.69) is 48.2 Å². The first-order valence-electron chi connectivity index (χ1n) is 9.57.